The number of nitrogens with zero attached hydrogens (tertiary/aromatic N) is 1. The molecular formula is C21H27ClN2O3S. The van der Waals surface area contributed by atoms with E-state index in [1.54, 1.807) is 13.8 Å². The van der Waals surface area contributed by atoms with Crippen molar-refractivity contribution in [2.45, 2.75) is 44.9 Å². The third-order valence-corrected chi connectivity index (χ3v) is 6.92. The number of carbonyl (C=O) groups excluding carboxylic acids is 1. The normalized spacial score (nSPS) is 11.6. The van der Waals surface area contributed by atoms with E-state index in [0.29, 0.717) is 36.6 Å². The van der Waals surface area contributed by atoms with Crippen molar-refractivity contribution in [3.8, 4) is 0 Å². The summed E-state index contributed by atoms with van der Waals surface area (Å²) in [5.74, 6) is -0.189. The van der Waals surface area contributed by atoms with Gasteiger partial charge in [-0.05, 0) is 43.5 Å². The Kier molecular flexibility index (Phi) is 8.04. The topological polar surface area (TPSA) is 66.5 Å². The number of aryl methyl sites for hydroxylation is 2. The van der Waals surface area contributed by atoms with Crippen molar-refractivity contribution in [3.63, 3.8) is 0 Å². The molecule has 0 saturated carbocycles. The van der Waals surface area contributed by atoms with Crippen LogP contribution in [0.25, 0.3) is 0 Å². The Hall–Kier alpha value is -1.89. The van der Waals surface area contributed by atoms with Gasteiger partial charge in [0.25, 0.3) is 0 Å². The van der Waals surface area contributed by atoms with Crippen LogP contribution in [-0.4, -0.2) is 31.7 Å². The zero-order valence-electron chi connectivity index (χ0n) is 16.5. The van der Waals surface area contributed by atoms with Crippen LogP contribution in [0.15, 0.2) is 47.4 Å². The number of benzene rings is 2. The maximum Gasteiger partial charge on any atom is 0.243 e. The molecule has 0 heterocycles. The summed E-state index contributed by atoms with van der Waals surface area (Å²) in [4.78, 5) is 12.4. The van der Waals surface area contributed by atoms with Crippen LogP contribution in [0.2, 0.25) is 5.02 Å². The van der Waals surface area contributed by atoms with Gasteiger partial charge >= 0.3 is 0 Å². The average molecular weight is 423 g/mol. The van der Waals surface area contributed by atoms with Crippen molar-refractivity contribution in [1.82, 2.24) is 4.31 Å². The van der Waals surface area contributed by atoms with Crippen LogP contribution < -0.4 is 5.32 Å². The predicted octanol–water partition coefficient (Wildman–Crippen LogP) is 4.64. The summed E-state index contributed by atoms with van der Waals surface area (Å²) < 4.78 is 26.7. The van der Waals surface area contributed by atoms with Crippen LogP contribution in [0.1, 0.15) is 37.8 Å². The molecule has 28 heavy (non-hydrogen) atoms. The highest BCUT2D eigenvalue weighted by Gasteiger charge is 2.22. The SMILES string of the molecule is CCN(CC)S(=O)(=O)c1ccc(Cl)c(NC(=O)CCCc2ccc(C)cc2)c1. The lowest BCUT2D eigenvalue weighted by molar-refractivity contribution is -0.116. The molecule has 0 bridgehead atoms. The van der Waals surface area contributed by atoms with E-state index in [1.165, 1.54) is 33.6 Å². The highest BCUT2D eigenvalue weighted by molar-refractivity contribution is 7.89. The summed E-state index contributed by atoms with van der Waals surface area (Å²) in [5.41, 5.74) is 2.70. The second-order valence-electron chi connectivity index (χ2n) is 6.62. The van der Waals surface area contributed by atoms with Gasteiger partial charge in [0.2, 0.25) is 15.9 Å². The molecule has 2 aromatic carbocycles. The van der Waals surface area contributed by atoms with Gasteiger partial charge in [-0.3, -0.25) is 4.79 Å². The fraction of sp³-hybridized carbons (Fsp3) is 0.381. The summed E-state index contributed by atoms with van der Waals surface area (Å²) in [6.45, 7) is 6.36. The molecule has 1 amide bonds. The lowest BCUT2D eigenvalue weighted by atomic mass is 10.1. The van der Waals surface area contributed by atoms with Crippen molar-refractivity contribution in [3.05, 3.63) is 58.6 Å². The number of hydrogen-bond acceptors (Lipinski definition) is 3. The van der Waals surface area contributed by atoms with E-state index in [1.807, 2.05) is 6.92 Å². The first-order valence-corrected chi connectivity index (χ1v) is 11.2. The third-order valence-electron chi connectivity index (χ3n) is 4.54. The lowest BCUT2D eigenvalue weighted by Crippen LogP contribution is -2.30. The largest absolute Gasteiger partial charge is 0.325 e. The molecule has 2 aromatic rings. The van der Waals surface area contributed by atoms with Gasteiger partial charge in [-0.15, -0.1) is 0 Å². The molecule has 1 N–H and O–H groups in total. The van der Waals surface area contributed by atoms with Crippen LogP contribution in [0.3, 0.4) is 0 Å². The molecule has 0 aliphatic heterocycles. The van der Waals surface area contributed by atoms with Crippen LogP contribution in [0.5, 0.6) is 0 Å². The van der Waals surface area contributed by atoms with Gasteiger partial charge in [0.05, 0.1) is 15.6 Å². The van der Waals surface area contributed by atoms with Gasteiger partial charge in [0.15, 0.2) is 0 Å². The van der Waals surface area contributed by atoms with Crippen LogP contribution in [0.4, 0.5) is 5.69 Å². The van der Waals surface area contributed by atoms with Crippen molar-refractivity contribution in [1.29, 1.82) is 0 Å². The van der Waals surface area contributed by atoms with Gasteiger partial charge < -0.3 is 5.32 Å². The molecule has 152 valence electrons. The molecule has 0 aliphatic rings. The summed E-state index contributed by atoms with van der Waals surface area (Å²) in [6.07, 6.45) is 1.83. The van der Waals surface area contributed by atoms with Crippen LogP contribution >= 0.6 is 11.6 Å². The molecule has 0 saturated heterocycles. The maximum absolute atomic E-state index is 12.7. The van der Waals surface area contributed by atoms with Crippen molar-refractivity contribution in [2.24, 2.45) is 0 Å². The van der Waals surface area contributed by atoms with Crippen LogP contribution in [-0.2, 0) is 21.2 Å². The molecule has 0 spiro atoms. The Balaban J connectivity index is 2.02. The van der Waals surface area contributed by atoms with Crippen molar-refractivity contribution in [2.75, 3.05) is 18.4 Å². The summed E-state index contributed by atoms with van der Waals surface area (Å²) in [7, 11) is -3.61. The molecule has 0 aliphatic carbocycles. The molecule has 5 nitrogen and oxygen atoms in total. The average Bonchev–Trinajstić information content (AvgIpc) is 2.66. The number of anilines is 1. The Labute approximate surface area is 172 Å². The fourth-order valence-electron chi connectivity index (χ4n) is 2.89. The molecule has 0 unspecified atom stereocenters. The molecule has 2 rings (SSSR count). The highest BCUT2D eigenvalue weighted by Crippen LogP contribution is 2.27. The second-order valence-corrected chi connectivity index (χ2v) is 8.96. The van der Waals surface area contributed by atoms with E-state index >= 15 is 0 Å². The number of nitrogens with one attached hydrogen (secondary N) is 1. The Morgan fingerprint density at radius 2 is 1.71 bits per heavy atom. The minimum absolute atomic E-state index is 0.121. The van der Waals surface area contributed by atoms with Crippen molar-refractivity contribution < 1.29 is 13.2 Å². The molecule has 0 fully saturated rings. The lowest BCUT2D eigenvalue weighted by Gasteiger charge is -2.19. The van der Waals surface area contributed by atoms with E-state index in [0.717, 1.165) is 6.42 Å². The van der Waals surface area contributed by atoms with Crippen LogP contribution in [0, 0.1) is 6.92 Å². The van der Waals surface area contributed by atoms with E-state index < -0.39 is 10.0 Å². The number of carbonyl (C=O) groups is 1. The first kappa shape index (κ1) is 22.4. The van der Waals surface area contributed by atoms with E-state index in [-0.39, 0.29) is 10.8 Å². The first-order valence-electron chi connectivity index (χ1n) is 9.43. The molecule has 0 radical (unpaired) electrons. The molecule has 7 heteroatoms. The Morgan fingerprint density at radius 3 is 2.32 bits per heavy atom. The standard InChI is InChI=1S/C21H27ClN2O3S/c1-4-24(5-2)28(26,27)18-13-14-19(22)20(15-18)23-21(25)8-6-7-17-11-9-16(3)10-12-17/h9-15H,4-8H2,1-3H3,(H,23,25). The Morgan fingerprint density at radius 1 is 1.07 bits per heavy atom. The second kappa shape index (κ2) is 10.0. The van der Waals surface area contributed by atoms with Crippen molar-refractivity contribution >= 4 is 33.2 Å². The predicted molar refractivity (Wildman–Crippen MR) is 114 cm³/mol. The van der Waals surface area contributed by atoms with E-state index in [4.69, 9.17) is 11.6 Å². The van der Waals surface area contributed by atoms with Gasteiger partial charge in [-0.25, -0.2) is 8.42 Å². The van der Waals surface area contributed by atoms with E-state index in [9.17, 15) is 13.2 Å². The van der Waals surface area contributed by atoms with Gasteiger partial charge in [0.1, 0.15) is 0 Å². The number of rotatable bonds is 9. The molecule has 0 atom stereocenters. The zero-order valence-corrected chi connectivity index (χ0v) is 18.1. The summed E-state index contributed by atoms with van der Waals surface area (Å²) in [6, 6.07) is 12.6. The Bertz CT molecular complexity index is 908. The third kappa shape index (κ3) is 5.80. The smallest absolute Gasteiger partial charge is 0.243 e. The fourth-order valence-corrected chi connectivity index (χ4v) is 4.54. The van der Waals surface area contributed by atoms with E-state index in [2.05, 4.69) is 29.6 Å². The zero-order chi connectivity index (χ0) is 20.7. The summed E-state index contributed by atoms with van der Waals surface area (Å²) in [5, 5.41) is 3.05. The quantitative estimate of drug-likeness (QED) is 0.640. The van der Waals surface area contributed by atoms with Gasteiger partial charge in [-0.2, -0.15) is 4.31 Å². The highest BCUT2D eigenvalue weighted by atomic mass is 35.5. The molecule has 0 aromatic heterocycles. The minimum atomic E-state index is -3.61. The van der Waals surface area contributed by atoms with Gasteiger partial charge in [-0.1, -0.05) is 55.3 Å². The molecular weight excluding hydrogens is 396 g/mol. The first-order chi connectivity index (χ1) is 13.3. The van der Waals surface area contributed by atoms with Gasteiger partial charge in [0, 0.05) is 19.5 Å². The number of hydrogen-bond donors (Lipinski definition) is 1. The maximum atomic E-state index is 12.7. The number of halogens is 1. The number of amides is 1. The number of sulfonamides is 1. The monoisotopic (exact) mass is 422 g/mol. The summed E-state index contributed by atoms with van der Waals surface area (Å²) >= 11 is 6.16. The minimum Gasteiger partial charge on any atom is -0.325 e.